The maximum absolute atomic E-state index is 12.5. The molecule has 0 unspecified atom stereocenters. The van der Waals surface area contributed by atoms with Crippen molar-refractivity contribution in [2.75, 3.05) is 11.1 Å². The van der Waals surface area contributed by atoms with Crippen LogP contribution < -0.4 is 11.1 Å². The van der Waals surface area contributed by atoms with Crippen LogP contribution in [0, 0.1) is 6.92 Å². The highest BCUT2D eigenvalue weighted by molar-refractivity contribution is 6.04. The Bertz CT molecular complexity index is 977. The normalized spacial score (nSPS) is 11.8. The van der Waals surface area contributed by atoms with E-state index in [2.05, 4.69) is 5.32 Å². The summed E-state index contributed by atoms with van der Waals surface area (Å²) in [5, 5.41) is 4.76. The minimum atomic E-state index is -0.957. The van der Waals surface area contributed by atoms with Crippen LogP contribution in [0.15, 0.2) is 60.7 Å². The molecule has 0 fully saturated rings. The molecule has 1 amide bonds. The van der Waals surface area contributed by atoms with Crippen molar-refractivity contribution in [3.05, 3.63) is 71.8 Å². The molecule has 0 spiro atoms. The molecule has 3 aromatic carbocycles. The number of amides is 1. The molecule has 3 rings (SSSR count). The van der Waals surface area contributed by atoms with Gasteiger partial charge in [0, 0.05) is 16.8 Å². The lowest BCUT2D eigenvalue weighted by molar-refractivity contribution is -0.123. The van der Waals surface area contributed by atoms with Gasteiger partial charge in [0.2, 0.25) is 0 Å². The molecule has 0 aromatic heterocycles. The number of carbonyl (C=O) groups excluding carboxylic acids is 2. The maximum Gasteiger partial charge on any atom is 0.341 e. The quantitative estimate of drug-likeness (QED) is 0.553. The van der Waals surface area contributed by atoms with Gasteiger partial charge in [0.25, 0.3) is 5.91 Å². The van der Waals surface area contributed by atoms with Gasteiger partial charge in [0.15, 0.2) is 6.10 Å². The van der Waals surface area contributed by atoms with Gasteiger partial charge >= 0.3 is 5.97 Å². The largest absolute Gasteiger partial charge is 0.449 e. The molecular formula is C21H20N2O3. The van der Waals surface area contributed by atoms with E-state index in [1.165, 1.54) is 6.92 Å². The highest BCUT2D eigenvalue weighted by atomic mass is 16.5. The van der Waals surface area contributed by atoms with E-state index in [4.69, 9.17) is 10.5 Å². The van der Waals surface area contributed by atoms with Crippen LogP contribution >= 0.6 is 0 Å². The molecule has 0 radical (unpaired) electrons. The zero-order valence-electron chi connectivity index (χ0n) is 14.7. The Labute approximate surface area is 151 Å². The number of esters is 1. The number of nitrogen functional groups attached to an aromatic ring is 1. The summed E-state index contributed by atoms with van der Waals surface area (Å²) in [6, 6.07) is 18.5. The molecule has 0 aliphatic carbocycles. The fourth-order valence-corrected chi connectivity index (χ4v) is 2.70. The van der Waals surface area contributed by atoms with Gasteiger partial charge in [-0.1, -0.05) is 48.5 Å². The van der Waals surface area contributed by atoms with Crippen LogP contribution in [0.5, 0.6) is 0 Å². The van der Waals surface area contributed by atoms with Gasteiger partial charge in [0.05, 0.1) is 5.56 Å². The van der Waals surface area contributed by atoms with Crippen LogP contribution in [0.3, 0.4) is 0 Å². The summed E-state index contributed by atoms with van der Waals surface area (Å²) in [5.74, 6) is -1.02. The molecule has 3 aromatic rings. The lowest BCUT2D eigenvalue weighted by Crippen LogP contribution is -2.30. The number of fused-ring (bicyclic) bond motifs is 1. The molecule has 132 valence electrons. The van der Waals surface area contributed by atoms with E-state index in [9.17, 15) is 9.59 Å². The molecular weight excluding hydrogens is 328 g/mol. The lowest BCUT2D eigenvalue weighted by atomic mass is 10.1. The number of para-hydroxylation sites is 1. The number of nitrogens with two attached hydrogens (primary N) is 1. The van der Waals surface area contributed by atoms with Crippen LogP contribution in [0.1, 0.15) is 22.8 Å². The molecule has 26 heavy (non-hydrogen) atoms. The monoisotopic (exact) mass is 348 g/mol. The summed E-state index contributed by atoms with van der Waals surface area (Å²) >= 11 is 0. The molecule has 0 heterocycles. The topological polar surface area (TPSA) is 81.4 Å². The number of carbonyl (C=O) groups is 2. The Morgan fingerprint density at radius 2 is 1.69 bits per heavy atom. The number of anilines is 2. The van der Waals surface area contributed by atoms with Crippen LogP contribution in [-0.2, 0) is 9.53 Å². The van der Waals surface area contributed by atoms with Crippen molar-refractivity contribution in [3.8, 4) is 0 Å². The molecule has 0 bridgehead atoms. The van der Waals surface area contributed by atoms with E-state index in [1.807, 2.05) is 55.5 Å². The van der Waals surface area contributed by atoms with E-state index in [0.29, 0.717) is 11.4 Å². The first-order valence-electron chi connectivity index (χ1n) is 8.32. The number of nitrogens with one attached hydrogen (secondary N) is 1. The third-order valence-electron chi connectivity index (χ3n) is 4.24. The fraction of sp³-hybridized carbons (Fsp3) is 0.143. The van der Waals surface area contributed by atoms with Crippen LogP contribution in [0.4, 0.5) is 11.4 Å². The van der Waals surface area contributed by atoms with Crippen molar-refractivity contribution >= 4 is 34.0 Å². The van der Waals surface area contributed by atoms with Crippen molar-refractivity contribution in [1.82, 2.24) is 0 Å². The molecule has 0 aliphatic heterocycles. The molecule has 3 N–H and O–H groups in total. The van der Waals surface area contributed by atoms with Crippen molar-refractivity contribution in [1.29, 1.82) is 0 Å². The number of hydrogen-bond acceptors (Lipinski definition) is 4. The minimum Gasteiger partial charge on any atom is -0.449 e. The molecule has 0 saturated heterocycles. The highest BCUT2D eigenvalue weighted by Gasteiger charge is 2.21. The lowest BCUT2D eigenvalue weighted by Gasteiger charge is -2.15. The Kier molecular flexibility index (Phi) is 4.89. The predicted octanol–water partition coefficient (Wildman–Crippen LogP) is 3.91. The standard InChI is InChI=1S/C21H20N2O3/c1-13-7-5-11-17(19(13)22)21(25)26-14(2)20(24)23-18-12-6-9-15-8-3-4-10-16(15)18/h3-12,14H,22H2,1-2H3,(H,23,24)/t14-/m0/s1. The summed E-state index contributed by atoms with van der Waals surface area (Å²) in [6.07, 6.45) is -0.957. The predicted molar refractivity (Wildman–Crippen MR) is 103 cm³/mol. The first-order valence-corrected chi connectivity index (χ1v) is 8.32. The Balaban J connectivity index is 1.73. The first kappa shape index (κ1) is 17.5. The molecule has 5 nitrogen and oxygen atoms in total. The van der Waals surface area contributed by atoms with E-state index in [0.717, 1.165) is 16.3 Å². The van der Waals surface area contributed by atoms with Gasteiger partial charge in [-0.15, -0.1) is 0 Å². The second-order valence-corrected chi connectivity index (χ2v) is 6.10. The number of benzene rings is 3. The van der Waals surface area contributed by atoms with Crippen LogP contribution in [0.2, 0.25) is 0 Å². The molecule has 0 aliphatic rings. The van der Waals surface area contributed by atoms with Crippen LogP contribution in [0.25, 0.3) is 10.8 Å². The number of hydrogen-bond donors (Lipinski definition) is 2. The fourth-order valence-electron chi connectivity index (χ4n) is 2.70. The Morgan fingerprint density at radius 3 is 2.50 bits per heavy atom. The average Bonchev–Trinajstić information content (AvgIpc) is 2.64. The summed E-state index contributed by atoms with van der Waals surface area (Å²) < 4.78 is 5.29. The highest BCUT2D eigenvalue weighted by Crippen LogP contribution is 2.23. The minimum absolute atomic E-state index is 0.259. The second-order valence-electron chi connectivity index (χ2n) is 6.10. The third-order valence-corrected chi connectivity index (χ3v) is 4.24. The first-order chi connectivity index (χ1) is 12.5. The number of ether oxygens (including phenoxy) is 1. The van der Waals surface area contributed by atoms with Crippen molar-refractivity contribution in [2.24, 2.45) is 0 Å². The van der Waals surface area contributed by atoms with E-state index in [1.54, 1.807) is 12.1 Å². The zero-order valence-corrected chi connectivity index (χ0v) is 14.7. The van der Waals surface area contributed by atoms with Crippen molar-refractivity contribution < 1.29 is 14.3 Å². The summed E-state index contributed by atoms with van der Waals surface area (Å²) in [5.41, 5.74) is 8.00. The number of rotatable bonds is 4. The Morgan fingerprint density at radius 1 is 1.00 bits per heavy atom. The van der Waals surface area contributed by atoms with Crippen molar-refractivity contribution in [2.45, 2.75) is 20.0 Å². The Hall–Kier alpha value is -3.34. The second kappa shape index (κ2) is 7.27. The van der Waals surface area contributed by atoms with E-state index >= 15 is 0 Å². The maximum atomic E-state index is 12.5. The smallest absolute Gasteiger partial charge is 0.341 e. The summed E-state index contributed by atoms with van der Waals surface area (Å²) in [6.45, 7) is 3.34. The van der Waals surface area contributed by atoms with Crippen LogP contribution in [-0.4, -0.2) is 18.0 Å². The third kappa shape index (κ3) is 3.52. The SMILES string of the molecule is Cc1cccc(C(=O)O[C@@H](C)C(=O)Nc2cccc3ccccc23)c1N. The summed E-state index contributed by atoms with van der Waals surface area (Å²) in [7, 11) is 0. The van der Waals surface area contributed by atoms with E-state index in [-0.39, 0.29) is 5.56 Å². The molecule has 5 heteroatoms. The average molecular weight is 348 g/mol. The molecule has 1 atom stereocenters. The van der Waals surface area contributed by atoms with Gasteiger partial charge in [0.1, 0.15) is 0 Å². The number of aryl methyl sites for hydroxylation is 1. The zero-order chi connectivity index (χ0) is 18.7. The van der Waals surface area contributed by atoms with Gasteiger partial charge in [-0.2, -0.15) is 0 Å². The van der Waals surface area contributed by atoms with Gasteiger partial charge in [-0.05, 0) is 36.9 Å². The van der Waals surface area contributed by atoms with Gasteiger partial charge < -0.3 is 15.8 Å². The molecule has 0 saturated carbocycles. The van der Waals surface area contributed by atoms with Gasteiger partial charge in [-0.25, -0.2) is 4.79 Å². The van der Waals surface area contributed by atoms with E-state index < -0.39 is 18.0 Å². The summed E-state index contributed by atoms with van der Waals surface area (Å²) in [4.78, 5) is 24.8. The van der Waals surface area contributed by atoms with Crippen molar-refractivity contribution in [3.63, 3.8) is 0 Å². The van der Waals surface area contributed by atoms with Gasteiger partial charge in [-0.3, -0.25) is 4.79 Å².